The van der Waals surface area contributed by atoms with Crippen molar-refractivity contribution >= 4 is 5.91 Å². The molecule has 0 bridgehead atoms. The van der Waals surface area contributed by atoms with Crippen molar-refractivity contribution in [3.05, 3.63) is 57.8 Å². The highest BCUT2D eigenvalue weighted by atomic mass is 19.4. The van der Waals surface area contributed by atoms with Crippen molar-refractivity contribution in [2.75, 3.05) is 13.7 Å². The molecule has 0 radical (unpaired) electrons. The minimum atomic E-state index is -4.79. The maximum absolute atomic E-state index is 12.7. The van der Waals surface area contributed by atoms with Crippen molar-refractivity contribution < 1.29 is 27.4 Å². The van der Waals surface area contributed by atoms with Gasteiger partial charge in [0.25, 0.3) is 11.5 Å². The van der Waals surface area contributed by atoms with Gasteiger partial charge in [-0.1, -0.05) is 25.5 Å². The van der Waals surface area contributed by atoms with E-state index in [0.29, 0.717) is 11.4 Å². The molecule has 162 valence electrons. The molecule has 1 atom stereocenters. The number of carbonyl (C=O) groups is 1. The van der Waals surface area contributed by atoms with E-state index >= 15 is 0 Å². The average Bonchev–Trinajstić information content (AvgIpc) is 2.64. The molecule has 0 spiro atoms. The summed E-state index contributed by atoms with van der Waals surface area (Å²) in [5, 5.41) is 2.72. The Hall–Kier alpha value is -2.88. The molecule has 1 amide bonds. The van der Waals surface area contributed by atoms with Crippen LogP contribution in [0.1, 0.15) is 54.1 Å². The molecule has 1 saturated carbocycles. The van der Waals surface area contributed by atoms with Crippen LogP contribution in [0.25, 0.3) is 0 Å². The van der Waals surface area contributed by atoms with Crippen LogP contribution in [-0.4, -0.2) is 36.0 Å². The lowest BCUT2D eigenvalue weighted by Crippen LogP contribution is -2.37. The molecule has 3 rings (SSSR count). The molecule has 10 heteroatoms. The van der Waals surface area contributed by atoms with Gasteiger partial charge in [-0.15, -0.1) is 13.2 Å². The maximum atomic E-state index is 12.7. The highest BCUT2D eigenvalue weighted by Gasteiger charge is 2.36. The monoisotopic (exact) mass is 425 g/mol. The van der Waals surface area contributed by atoms with Gasteiger partial charge in [-0.25, -0.2) is 4.98 Å². The van der Waals surface area contributed by atoms with Gasteiger partial charge >= 0.3 is 6.36 Å². The van der Waals surface area contributed by atoms with Crippen LogP contribution in [0.4, 0.5) is 13.2 Å². The first-order chi connectivity index (χ1) is 14.1. The number of amides is 1. The minimum Gasteiger partial charge on any atom is -0.406 e. The second-order valence-corrected chi connectivity index (χ2v) is 7.49. The number of ether oxygens (including phenoxy) is 2. The molecule has 1 aromatic heterocycles. The Morgan fingerprint density at radius 3 is 2.50 bits per heavy atom. The standard InChI is InChI=1S/C20H22F3N3O4/c1-19(8-3-9-19)18-25-14(10-16(27)26-18)17(28)24-15(11-29-2)12-4-6-13(7-5-12)30-20(21,22)23/h4-7,10,15H,3,8-9,11H2,1-2H3,(H,24,28)(H,25,26,27)/t15-/m1/s1. The van der Waals surface area contributed by atoms with E-state index in [9.17, 15) is 22.8 Å². The fourth-order valence-electron chi connectivity index (χ4n) is 3.33. The number of alkyl halides is 3. The third kappa shape index (κ3) is 5.18. The quantitative estimate of drug-likeness (QED) is 0.711. The first-order valence-electron chi connectivity index (χ1n) is 9.37. The second kappa shape index (κ2) is 8.47. The van der Waals surface area contributed by atoms with Crippen LogP contribution < -0.4 is 15.6 Å². The van der Waals surface area contributed by atoms with Gasteiger partial charge in [0.15, 0.2) is 0 Å². The third-order valence-corrected chi connectivity index (χ3v) is 5.16. The van der Waals surface area contributed by atoms with Gasteiger partial charge in [0.2, 0.25) is 0 Å². The molecule has 7 nitrogen and oxygen atoms in total. The number of methoxy groups -OCH3 is 1. The Kier molecular flexibility index (Phi) is 6.16. The SMILES string of the molecule is COC[C@@H](NC(=O)c1cc(=O)[nH]c(C2(C)CCC2)n1)c1ccc(OC(F)(F)F)cc1. The lowest BCUT2D eigenvalue weighted by atomic mass is 9.70. The van der Waals surface area contributed by atoms with Crippen molar-refractivity contribution in [3.8, 4) is 5.75 Å². The van der Waals surface area contributed by atoms with Gasteiger partial charge in [0.05, 0.1) is 12.6 Å². The summed E-state index contributed by atoms with van der Waals surface area (Å²) in [5.41, 5.74) is -0.193. The van der Waals surface area contributed by atoms with Crippen molar-refractivity contribution in [1.82, 2.24) is 15.3 Å². The summed E-state index contributed by atoms with van der Waals surface area (Å²) in [6.45, 7) is 2.05. The number of hydrogen-bond acceptors (Lipinski definition) is 5. The molecular weight excluding hydrogens is 403 g/mol. The molecule has 0 unspecified atom stereocenters. The Balaban J connectivity index is 1.78. The highest BCUT2D eigenvalue weighted by Crippen LogP contribution is 2.41. The van der Waals surface area contributed by atoms with Crippen molar-refractivity contribution in [2.24, 2.45) is 0 Å². The average molecular weight is 425 g/mol. The molecule has 30 heavy (non-hydrogen) atoms. The summed E-state index contributed by atoms with van der Waals surface area (Å²) in [6, 6.07) is 5.56. The molecular formula is C20H22F3N3O4. The van der Waals surface area contributed by atoms with E-state index in [1.165, 1.54) is 19.2 Å². The number of aromatic amines is 1. The van der Waals surface area contributed by atoms with E-state index < -0.39 is 23.9 Å². The van der Waals surface area contributed by atoms with Crippen LogP contribution in [0.3, 0.4) is 0 Å². The summed E-state index contributed by atoms with van der Waals surface area (Å²) < 4.78 is 46.0. The normalized spacial score (nSPS) is 16.4. The largest absolute Gasteiger partial charge is 0.573 e. The van der Waals surface area contributed by atoms with Gasteiger partial charge in [0, 0.05) is 18.6 Å². The molecule has 0 saturated heterocycles. The van der Waals surface area contributed by atoms with Gasteiger partial charge in [-0.05, 0) is 30.5 Å². The van der Waals surface area contributed by atoms with E-state index in [0.717, 1.165) is 37.5 Å². The topological polar surface area (TPSA) is 93.3 Å². The zero-order valence-corrected chi connectivity index (χ0v) is 16.5. The van der Waals surface area contributed by atoms with E-state index in [1.54, 1.807) is 0 Å². The molecule has 1 aromatic carbocycles. The molecule has 1 heterocycles. The van der Waals surface area contributed by atoms with Gasteiger partial charge in [-0.2, -0.15) is 0 Å². The van der Waals surface area contributed by atoms with Crippen LogP contribution >= 0.6 is 0 Å². The Bertz CT molecular complexity index is 953. The smallest absolute Gasteiger partial charge is 0.406 e. The van der Waals surface area contributed by atoms with Crippen LogP contribution in [0.2, 0.25) is 0 Å². The number of nitrogens with one attached hydrogen (secondary N) is 2. The van der Waals surface area contributed by atoms with Gasteiger partial charge in [0.1, 0.15) is 17.3 Å². The van der Waals surface area contributed by atoms with Crippen molar-refractivity contribution in [3.63, 3.8) is 0 Å². The van der Waals surface area contributed by atoms with Crippen LogP contribution in [-0.2, 0) is 10.2 Å². The van der Waals surface area contributed by atoms with Gasteiger partial charge < -0.3 is 19.8 Å². The summed E-state index contributed by atoms with van der Waals surface area (Å²) in [7, 11) is 1.43. The van der Waals surface area contributed by atoms with Crippen LogP contribution in [0.15, 0.2) is 35.1 Å². The van der Waals surface area contributed by atoms with E-state index in [2.05, 4.69) is 20.0 Å². The lowest BCUT2D eigenvalue weighted by Gasteiger charge is -2.37. The summed E-state index contributed by atoms with van der Waals surface area (Å²) in [6.07, 6.45) is -2.01. The maximum Gasteiger partial charge on any atom is 0.573 e. The zero-order valence-electron chi connectivity index (χ0n) is 16.5. The van der Waals surface area contributed by atoms with E-state index in [1.807, 2.05) is 6.92 Å². The Morgan fingerprint density at radius 1 is 1.30 bits per heavy atom. The summed E-state index contributed by atoms with van der Waals surface area (Å²) >= 11 is 0. The summed E-state index contributed by atoms with van der Waals surface area (Å²) in [4.78, 5) is 31.8. The molecule has 2 aromatic rings. The molecule has 1 fully saturated rings. The number of benzene rings is 1. The fraction of sp³-hybridized carbons (Fsp3) is 0.450. The predicted octanol–water partition coefficient (Wildman–Crippen LogP) is 3.23. The first kappa shape index (κ1) is 21.8. The second-order valence-electron chi connectivity index (χ2n) is 7.49. The van der Waals surface area contributed by atoms with Crippen molar-refractivity contribution in [2.45, 2.75) is 44.0 Å². The Morgan fingerprint density at radius 2 is 1.97 bits per heavy atom. The summed E-state index contributed by atoms with van der Waals surface area (Å²) in [5.74, 6) is -0.477. The molecule has 1 aliphatic rings. The van der Waals surface area contributed by atoms with Crippen LogP contribution in [0.5, 0.6) is 5.75 Å². The lowest BCUT2D eigenvalue weighted by molar-refractivity contribution is -0.274. The highest BCUT2D eigenvalue weighted by molar-refractivity contribution is 5.92. The minimum absolute atomic E-state index is 0.0278. The number of halogens is 3. The number of H-pyrrole nitrogens is 1. The van der Waals surface area contributed by atoms with Crippen molar-refractivity contribution in [1.29, 1.82) is 0 Å². The molecule has 0 aliphatic heterocycles. The zero-order chi connectivity index (χ0) is 21.9. The van der Waals surface area contributed by atoms with E-state index in [4.69, 9.17) is 4.74 Å². The Labute approximate surface area is 170 Å². The number of aromatic nitrogens is 2. The number of carbonyl (C=O) groups excluding carboxylic acids is 1. The third-order valence-electron chi connectivity index (χ3n) is 5.16. The predicted molar refractivity (Wildman–Crippen MR) is 101 cm³/mol. The number of rotatable bonds is 7. The number of nitrogens with zero attached hydrogens (tertiary/aromatic N) is 1. The van der Waals surface area contributed by atoms with Crippen LogP contribution in [0, 0.1) is 0 Å². The first-order valence-corrected chi connectivity index (χ1v) is 9.37. The molecule has 2 N–H and O–H groups in total. The fourth-order valence-corrected chi connectivity index (χ4v) is 3.33. The van der Waals surface area contributed by atoms with Gasteiger partial charge in [-0.3, -0.25) is 9.59 Å². The van der Waals surface area contributed by atoms with E-state index in [-0.39, 0.29) is 23.5 Å². The molecule has 1 aliphatic carbocycles. The number of hydrogen-bond donors (Lipinski definition) is 2.